The zero-order valence-electron chi connectivity index (χ0n) is 12.8. The van der Waals surface area contributed by atoms with Crippen LogP contribution in [0.4, 0.5) is 8.78 Å². The number of methoxy groups -OCH3 is 1. The van der Waals surface area contributed by atoms with Crippen molar-refractivity contribution < 1.29 is 18.3 Å². The first-order chi connectivity index (χ1) is 10.5. The summed E-state index contributed by atoms with van der Waals surface area (Å²) in [5, 5.41) is 4.36. The second-order valence-corrected chi connectivity index (χ2v) is 4.78. The van der Waals surface area contributed by atoms with Crippen molar-refractivity contribution in [1.29, 1.82) is 0 Å². The molecule has 0 unspecified atom stereocenters. The predicted molar refractivity (Wildman–Crippen MR) is 76.7 cm³/mol. The van der Waals surface area contributed by atoms with Crippen molar-refractivity contribution in [2.75, 3.05) is 13.7 Å². The van der Waals surface area contributed by atoms with Crippen LogP contribution in [0.15, 0.2) is 18.2 Å². The summed E-state index contributed by atoms with van der Waals surface area (Å²) in [7, 11) is 1.61. The molecule has 0 fully saturated rings. The average Bonchev–Trinajstić information content (AvgIpc) is 2.91. The molecule has 5 nitrogen and oxygen atoms in total. The van der Waals surface area contributed by atoms with Gasteiger partial charge in [-0.1, -0.05) is 0 Å². The first-order valence-corrected chi connectivity index (χ1v) is 7.09. The standard InChI is InChI=1S/C15H19F2N3O2/c1-4-20-15(18-14(19-20)7-8-21-3)10(2)22-13-6-5-11(16)9-12(13)17/h5-6,9-10H,4,7-8H2,1-3H3/t10-/m1/s1. The van der Waals surface area contributed by atoms with Crippen LogP contribution in [-0.4, -0.2) is 28.5 Å². The van der Waals surface area contributed by atoms with E-state index in [2.05, 4.69) is 10.1 Å². The van der Waals surface area contributed by atoms with E-state index in [-0.39, 0.29) is 5.75 Å². The first kappa shape index (κ1) is 16.4. The molecule has 120 valence electrons. The van der Waals surface area contributed by atoms with Crippen molar-refractivity contribution in [3.63, 3.8) is 0 Å². The number of ether oxygens (including phenoxy) is 2. The Morgan fingerprint density at radius 1 is 1.32 bits per heavy atom. The van der Waals surface area contributed by atoms with E-state index in [1.54, 1.807) is 18.7 Å². The van der Waals surface area contributed by atoms with E-state index < -0.39 is 17.7 Å². The normalized spacial score (nSPS) is 12.4. The van der Waals surface area contributed by atoms with E-state index in [9.17, 15) is 8.78 Å². The van der Waals surface area contributed by atoms with Crippen molar-refractivity contribution in [2.24, 2.45) is 0 Å². The molecule has 1 aromatic carbocycles. The van der Waals surface area contributed by atoms with Gasteiger partial charge in [0.1, 0.15) is 5.82 Å². The van der Waals surface area contributed by atoms with E-state index >= 15 is 0 Å². The van der Waals surface area contributed by atoms with E-state index in [0.717, 1.165) is 12.1 Å². The third-order valence-corrected chi connectivity index (χ3v) is 3.13. The molecule has 2 aromatic rings. The molecule has 1 heterocycles. The molecule has 2 rings (SSSR count). The molecule has 0 amide bonds. The molecule has 0 radical (unpaired) electrons. The van der Waals surface area contributed by atoms with Gasteiger partial charge in [-0.15, -0.1) is 0 Å². The Hall–Kier alpha value is -2.02. The van der Waals surface area contributed by atoms with Crippen LogP contribution >= 0.6 is 0 Å². The van der Waals surface area contributed by atoms with Crippen LogP contribution in [0.1, 0.15) is 31.6 Å². The van der Waals surface area contributed by atoms with Crippen LogP contribution in [-0.2, 0) is 17.7 Å². The molecule has 1 atom stereocenters. The summed E-state index contributed by atoms with van der Waals surface area (Å²) < 4.78 is 38.8. The minimum absolute atomic E-state index is 0.0157. The maximum atomic E-state index is 13.7. The number of benzene rings is 1. The topological polar surface area (TPSA) is 49.2 Å². The second-order valence-electron chi connectivity index (χ2n) is 4.78. The van der Waals surface area contributed by atoms with Gasteiger partial charge >= 0.3 is 0 Å². The highest BCUT2D eigenvalue weighted by Gasteiger charge is 2.18. The van der Waals surface area contributed by atoms with Gasteiger partial charge < -0.3 is 9.47 Å². The largest absolute Gasteiger partial charge is 0.480 e. The number of hydrogen-bond donors (Lipinski definition) is 0. The highest BCUT2D eigenvalue weighted by atomic mass is 19.1. The molecule has 0 aliphatic carbocycles. The average molecular weight is 311 g/mol. The lowest BCUT2D eigenvalue weighted by Crippen LogP contribution is -2.12. The summed E-state index contributed by atoms with van der Waals surface area (Å²) >= 11 is 0. The number of hydrogen-bond acceptors (Lipinski definition) is 4. The van der Waals surface area contributed by atoms with Gasteiger partial charge in [-0.25, -0.2) is 18.4 Å². The molecule has 0 saturated carbocycles. The quantitative estimate of drug-likeness (QED) is 0.789. The Labute approximate surface area is 127 Å². The maximum Gasteiger partial charge on any atom is 0.168 e. The SMILES string of the molecule is CCn1nc(CCOC)nc1[C@@H](C)Oc1ccc(F)cc1F. The summed E-state index contributed by atoms with van der Waals surface area (Å²) in [6, 6.07) is 3.20. The molecule has 0 aliphatic rings. The smallest absolute Gasteiger partial charge is 0.168 e. The fraction of sp³-hybridized carbons (Fsp3) is 0.467. The van der Waals surface area contributed by atoms with Crippen LogP contribution < -0.4 is 4.74 Å². The Morgan fingerprint density at radius 2 is 2.09 bits per heavy atom. The molecule has 0 N–H and O–H groups in total. The number of nitrogens with zero attached hydrogens (tertiary/aromatic N) is 3. The van der Waals surface area contributed by atoms with Crippen LogP contribution in [0.2, 0.25) is 0 Å². The van der Waals surface area contributed by atoms with Gasteiger partial charge in [-0.3, -0.25) is 0 Å². The second kappa shape index (κ2) is 7.31. The minimum atomic E-state index is -0.742. The van der Waals surface area contributed by atoms with Gasteiger partial charge in [-0.2, -0.15) is 5.10 Å². The van der Waals surface area contributed by atoms with Crippen molar-refractivity contribution >= 4 is 0 Å². The Bertz CT molecular complexity index is 631. The molecule has 0 spiro atoms. The van der Waals surface area contributed by atoms with Crippen LogP contribution in [0.5, 0.6) is 5.75 Å². The van der Waals surface area contributed by atoms with Crippen LogP contribution in [0.25, 0.3) is 0 Å². The number of aromatic nitrogens is 3. The number of aryl methyl sites for hydroxylation is 1. The van der Waals surface area contributed by atoms with Crippen molar-refractivity contribution in [3.05, 3.63) is 41.5 Å². The molecule has 22 heavy (non-hydrogen) atoms. The highest BCUT2D eigenvalue weighted by Crippen LogP contribution is 2.24. The fourth-order valence-corrected chi connectivity index (χ4v) is 2.05. The van der Waals surface area contributed by atoms with E-state index in [0.29, 0.717) is 31.2 Å². The number of halogens is 2. The molecule has 0 aliphatic heterocycles. The minimum Gasteiger partial charge on any atom is -0.480 e. The maximum absolute atomic E-state index is 13.7. The van der Waals surface area contributed by atoms with Gasteiger partial charge in [-0.05, 0) is 26.0 Å². The summed E-state index contributed by atoms with van der Waals surface area (Å²) in [6.07, 6.45) is 0.0809. The lowest BCUT2D eigenvalue weighted by Gasteiger charge is -2.15. The van der Waals surface area contributed by atoms with Gasteiger partial charge in [0.25, 0.3) is 0 Å². The molecular weight excluding hydrogens is 292 g/mol. The Balaban J connectivity index is 2.17. The van der Waals surface area contributed by atoms with Crippen molar-refractivity contribution in [2.45, 2.75) is 32.9 Å². The summed E-state index contributed by atoms with van der Waals surface area (Å²) in [4.78, 5) is 4.41. The zero-order valence-corrected chi connectivity index (χ0v) is 12.8. The molecule has 0 saturated heterocycles. The molecular formula is C15H19F2N3O2. The third-order valence-electron chi connectivity index (χ3n) is 3.13. The van der Waals surface area contributed by atoms with Gasteiger partial charge in [0.05, 0.1) is 6.61 Å². The van der Waals surface area contributed by atoms with Gasteiger partial charge in [0.15, 0.2) is 29.3 Å². The lowest BCUT2D eigenvalue weighted by atomic mass is 10.3. The van der Waals surface area contributed by atoms with Crippen LogP contribution in [0, 0.1) is 11.6 Å². The van der Waals surface area contributed by atoms with Crippen LogP contribution in [0.3, 0.4) is 0 Å². The Morgan fingerprint density at radius 3 is 2.73 bits per heavy atom. The van der Waals surface area contributed by atoms with Crippen molar-refractivity contribution in [1.82, 2.24) is 14.8 Å². The summed E-state index contributed by atoms with van der Waals surface area (Å²) in [5.74, 6) is -0.158. The molecule has 0 bridgehead atoms. The van der Waals surface area contributed by atoms with E-state index in [1.165, 1.54) is 6.07 Å². The zero-order chi connectivity index (χ0) is 16.1. The fourth-order valence-electron chi connectivity index (χ4n) is 2.05. The van der Waals surface area contributed by atoms with E-state index in [1.807, 2.05) is 6.92 Å². The molecule has 1 aromatic heterocycles. The Kier molecular flexibility index (Phi) is 5.43. The van der Waals surface area contributed by atoms with Gasteiger partial charge in [0.2, 0.25) is 0 Å². The summed E-state index contributed by atoms with van der Waals surface area (Å²) in [6.45, 7) is 4.83. The first-order valence-electron chi connectivity index (χ1n) is 7.09. The van der Waals surface area contributed by atoms with E-state index in [4.69, 9.17) is 9.47 Å². The molecule has 7 heteroatoms. The highest BCUT2D eigenvalue weighted by molar-refractivity contribution is 5.25. The predicted octanol–water partition coefficient (Wildman–Crippen LogP) is 2.91. The summed E-state index contributed by atoms with van der Waals surface area (Å²) in [5.41, 5.74) is 0. The monoisotopic (exact) mass is 311 g/mol. The number of rotatable bonds is 7. The van der Waals surface area contributed by atoms with Crippen molar-refractivity contribution in [3.8, 4) is 5.75 Å². The third kappa shape index (κ3) is 3.79. The lowest BCUT2D eigenvalue weighted by molar-refractivity contribution is 0.198. The van der Waals surface area contributed by atoms with Gasteiger partial charge in [0, 0.05) is 26.1 Å².